The van der Waals surface area contributed by atoms with Gasteiger partial charge in [-0.1, -0.05) is 57.5 Å². The largest absolute Gasteiger partial charge is 0.478 e. The minimum Gasteiger partial charge on any atom is -0.478 e. The molecule has 4 rings (SSSR count). The maximum atomic E-state index is 13.4. The van der Waals surface area contributed by atoms with E-state index in [1.807, 2.05) is 6.07 Å². The van der Waals surface area contributed by atoms with Gasteiger partial charge in [-0.15, -0.1) is 5.10 Å². The number of hydrogen-bond donors (Lipinski definition) is 1. The molecule has 0 unspecified atom stereocenters. The van der Waals surface area contributed by atoms with Gasteiger partial charge in [0, 0.05) is 10.0 Å². The number of benzene rings is 3. The highest BCUT2D eigenvalue weighted by molar-refractivity contribution is 9.10. The molecule has 9 heteroatoms. The van der Waals surface area contributed by atoms with Gasteiger partial charge in [0.15, 0.2) is 0 Å². The van der Waals surface area contributed by atoms with Gasteiger partial charge in [0.25, 0.3) is 0 Å². The zero-order valence-corrected chi connectivity index (χ0v) is 17.7. The van der Waals surface area contributed by atoms with Gasteiger partial charge < -0.3 is 5.11 Å². The van der Waals surface area contributed by atoms with Crippen LogP contribution in [-0.4, -0.2) is 34.5 Å². The Morgan fingerprint density at radius 3 is 2.27 bits per heavy atom. The van der Waals surface area contributed by atoms with Crippen LogP contribution >= 0.6 is 15.9 Å². The third-order valence-corrected chi connectivity index (χ3v) is 6.56. The van der Waals surface area contributed by atoms with Crippen LogP contribution in [0.3, 0.4) is 0 Å². The van der Waals surface area contributed by atoms with E-state index in [0.29, 0.717) is 21.4 Å². The standard InChI is InChI=1S/C21H14BrN3O4S/c22-16-7-4-8-18(13-16)30(28,29)20-19(14-5-2-1-3-6-14)25(24-23-20)17-11-9-15(10-12-17)21(26)27/h1-13H,(H,26,27). The molecule has 0 atom stereocenters. The van der Waals surface area contributed by atoms with Gasteiger partial charge in [-0.05, 0) is 42.5 Å². The van der Waals surface area contributed by atoms with Crippen LogP contribution in [0.15, 0.2) is 93.3 Å². The molecule has 7 nitrogen and oxygen atoms in total. The number of carboxylic acid groups (broad SMARTS) is 1. The SMILES string of the molecule is O=C(O)c1ccc(-n2nnc(S(=O)(=O)c3cccc(Br)c3)c2-c2ccccc2)cc1. The smallest absolute Gasteiger partial charge is 0.335 e. The molecule has 0 bridgehead atoms. The van der Waals surface area contributed by atoms with Crippen molar-refractivity contribution in [2.75, 3.05) is 0 Å². The van der Waals surface area contributed by atoms with Crippen LogP contribution in [0.1, 0.15) is 10.4 Å². The monoisotopic (exact) mass is 483 g/mol. The number of hydrogen-bond acceptors (Lipinski definition) is 5. The second-order valence-electron chi connectivity index (χ2n) is 6.33. The van der Waals surface area contributed by atoms with Crippen LogP contribution < -0.4 is 0 Å². The molecule has 0 aliphatic rings. The summed E-state index contributed by atoms with van der Waals surface area (Å²) in [4.78, 5) is 11.2. The fraction of sp³-hybridized carbons (Fsp3) is 0. The molecule has 0 spiro atoms. The molecule has 30 heavy (non-hydrogen) atoms. The van der Waals surface area contributed by atoms with E-state index in [1.54, 1.807) is 48.5 Å². The van der Waals surface area contributed by atoms with Crippen molar-refractivity contribution in [3.8, 4) is 16.9 Å². The summed E-state index contributed by atoms with van der Waals surface area (Å²) < 4.78 is 28.7. The Kier molecular flexibility index (Phi) is 5.23. The fourth-order valence-electron chi connectivity index (χ4n) is 2.96. The molecule has 0 saturated heterocycles. The van der Waals surface area contributed by atoms with E-state index in [0.717, 1.165) is 0 Å². The minimum atomic E-state index is -3.97. The summed E-state index contributed by atoms with van der Waals surface area (Å²) in [5.41, 5.74) is 1.50. The first kappa shape index (κ1) is 20.0. The maximum absolute atomic E-state index is 13.4. The Hall–Kier alpha value is -3.30. The van der Waals surface area contributed by atoms with Crippen molar-refractivity contribution < 1.29 is 18.3 Å². The molecule has 1 aromatic heterocycles. The third-order valence-electron chi connectivity index (χ3n) is 4.41. The Bertz CT molecular complexity index is 1330. The van der Waals surface area contributed by atoms with Crippen molar-refractivity contribution >= 4 is 31.7 Å². The summed E-state index contributed by atoms with van der Waals surface area (Å²) in [5, 5.41) is 17.0. The average molecular weight is 484 g/mol. The normalized spacial score (nSPS) is 11.4. The second-order valence-corrected chi connectivity index (χ2v) is 9.11. The van der Waals surface area contributed by atoms with Crippen LogP contribution in [0.2, 0.25) is 0 Å². The van der Waals surface area contributed by atoms with Gasteiger partial charge in [-0.3, -0.25) is 0 Å². The number of halogens is 1. The summed E-state index contributed by atoms with van der Waals surface area (Å²) in [5.74, 6) is -1.05. The highest BCUT2D eigenvalue weighted by Gasteiger charge is 2.29. The second kappa shape index (κ2) is 7.85. The van der Waals surface area contributed by atoms with Gasteiger partial charge in [0.2, 0.25) is 14.9 Å². The van der Waals surface area contributed by atoms with Crippen LogP contribution in [0.25, 0.3) is 16.9 Å². The lowest BCUT2D eigenvalue weighted by molar-refractivity contribution is 0.0697. The lowest BCUT2D eigenvalue weighted by atomic mass is 10.1. The van der Waals surface area contributed by atoms with Gasteiger partial charge in [-0.2, -0.15) is 0 Å². The molecule has 1 heterocycles. The summed E-state index contributed by atoms with van der Waals surface area (Å²) in [7, 11) is -3.97. The molecular weight excluding hydrogens is 470 g/mol. The Balaban J connectivity index is 1.94. The predicted molar refractivity (Wildman–Crippen MR) is 113 cm³/mol. The van der Waals surface area contributed by atoms with Crippen molar-refractivity contribution in [3.05, 3.63) is 88.9 Å². The maximum Gasteiger partial charge on any atom is 0.335 e. The lowest BCUT2D eigenvalue weighted by Gasteiger charge is -2.09. The first-order valence-electron chi connectivity index (χ1n) is 8.73. The lowest BCUT2D eigenvalue weighted by Crippen LogP contribution is -2.06. The van der Waals surface area contributed by atoms with E-state index in [2.05, 4.69) is 26.2 Å². The van der Waals surface area contributed by atoms with Crippen LogP contribution in [0, 0.1) is 0 Å². The zero-order chi connectivity index (χ0) is 21.3. The number of rotatable bonds is 5. The van der Waals surface area contributed by atoms with E-state index < -0.39 is 15.8 Å². The molecule has 4 aromatic rings. The molecule has 0 fully saturated rings. The van der Waals surface area contributed by atoms with Crippen molar-refractivity contribution in [2.24, 2.45) is 0 Å². The van der Waals surface area contributed by atoms with E-state index in [9.17, 15) is 13.2 Å². The molecule has 3 aromatic carbocycles. The Morgan fingerprint density at radius 2 is 1.63 bits per heavy atom. The summed E-state index contributed by atoms with van der Waals surface area (Å²) in [6.45, 7) is 0. The number of aromatic nitrogens is 3. The summed E-state index contributed by atoms with van der Waals surface area (Å²) in [6.07, 6.45) is 0. The van der Waals surface area contributed by atoms with Crippen LogP contribution in [-0.2, 0) is 9.84 Å². The zero-order valence-electron chi connectivity index (χ0n) is 15.3. The highest BCUT2D eigenvalue weighted by atomic mass is 79.9. The molecule has 0 saturated carbocycles. The Labute approximate surface area is 180 Å². The molecule has 150 valence electrons. The van der Waals surface area contributed by atoms with Crippen molar-refractivity contribution in [1.82, 2.24) is 15.0 Å². The topological polar surface area (TPSA) is 102 Å². The third kappa shape index (κ3) is 3.64. The van der Waals surface area contributed by atoms with E-state index >= 15 is 0 Å². The van der Waals surface area contributed by atoms with Gasteiger partial charge >= 0.3 is 5.97 Å². The molecular formula is C21H14BrN3O4S. The number of sulfone groups is 1. The average Bonchev–Trinajstić information content (AvgIpc) is 3.20. The van der Waals surface area contributed by atoms with E-state index in [-0.39, 0.29) is 15.5 Å². The summed E-state index contributed by atoms with van der Waals surface area (Å²) >= 11 is 3.30. The first-order valence-corrected chi connectivity index (χ1v) is 11.0. The fourth-order valence-corrected chi connectivity index (χ4v) is 4.88. The molecule has 0 radical (unpaired) electrons. The van der Waals surface area contributed by atoms with Crippen molar-refractivity contribution in [3.63, 3.8) is 0 Å². The molecule has 1 N–H and O–H groups in total. The predicted octanol–water partition coefficient (Wildman–Crippen LogP) is 4.23. The molecule has 0 aliphatic heterocycles. The quantitative estimate of drug-likeness (QED) is 0.455. The van der Waals surface area contributed by atoms with E-state index in [1.165, 1.54) is 28.9 Å². The number of carbonyl (C=O) groups is 1. The van der Waals surface area contributed by atoms with Gasteiger partial charge in [0.05, 0.1) is 16.1 Å². The minimum absolute atomic E-state index is 0.0855. The first-order chi connectivity index (χ1) is 14.4. The van der Waals surface area contributed by atoms with Crippen molar-refractivity contribution in [1.29, 1.82) is 0 Å². The van der Waals surface area contributed by atoms with E-state index in [4.69, 9.17) is 5.11 Å². The number of carboxylic acids is 1. The highest BCUT2D eigenvalue weighted by Crippen LogP contribution is 2.32. The molecule has 0 aliphatic carbocycles. The van der Waals surface area contributed by atoms with Crippen molar-refractivity contribution in [2.45, 2.75) is 9.92 Å². The van der Waals surface area contributed by atoms with Gasteiger partial charge in [0.1, 0.15) is 5.69 Å². The number of nitrogens with zero attached hydrogens (tertiary/aromatic N) is 3. The van der Waals surface area contributed by atoms with Crippen LogP contribution in [0.5, 0.6) is 0 Å². The summed E-state index contributed by atoms with van der Waals surface area (Å²) in [6, 6.07) is 21.3. The van der Waals surface area contributed by atoms with Gasteiger partial charge in [-0.25, -0.2) is 17.9 Å². The molecule has 0 amide bonds. The number of aromatic carboxylic acids is 1. The van der Waals surface area contributed by atoms with Crippen LogP contribution in [0.4, 0.5) is 0 Å². The Morgan fingerprint density at radius 1 is 0.933 bits per heavy atom.